The van der Waals surface area contributed by atoms with Crippen LogP contribution in [0, 0.1) is 33.1 Å². The van der Waals surface area contributed by atoms with Gasteiger partial charge in [-0.05, 0) is 0 Å². The number of aryl methyl sites for hydroxylation is 1. The summed E-state index contributed by atoms with van der Waals surface area (Å²) in [6, 6.07) is 0. The number of rotatable bonds is 0. The minimum atomic E-state index is 0. The summed E-state index contributed by atoms with van der Waals surface area (Å²) in [5.41, 5.74) is 0.818. The Bertz CT molecular complexity index is 146. The molecule has 0 fully saturated rings. The molecule has 0 spiro atoms. The van der Waals surface area contributed by atoms with Crippen molar-refractivity contribution in [2.75, 3.05) is 0 Å². The van der Waals surface area contributed by atoms with E-state index in [4.69, 9.17) is 0 Å². The van der Waals surface area contributed by atoms with Crippen LogP contribution in [-0.4, -0.2) is 9.97 Å². The van der Waals surface area contributed by atoms with E-state index in [2.05, 4.69) is 28.7 Å². The molecule has 0 aliphatic rings. The topological polar surface area (TPSA) is 25.8 Å². The third kappa shape index (κ3) is 14.5. The predicted molar refractivity (Wildman–Crippen MR) is 29.7 cm³/mol. The second kappa shape index (κ2) is 16.9. The Morgan fingerprint density at radius 2 is 1.36 bits per heavy atom. The molecule has 0 saturated heterocycles. The minimum Gasteiger partial charge on any atom is -0.663 e. The van der Waals surface area contributed by atoms with Gasteiger partial charge >= 0.3 is 175 Å². The predicted octanol–water partition coefficient (Wildman–Crippen LogP) is -8.35. The number of nitrogens with zero attached hydrogens (tertiary/aromatic N) is 2. The maximum atomic E-state index is 3.49. The number of aromatic nitrogens is 2. The van der Waals surface area contributed by atoms with Crippen LogP contribution in [0.5, 0.6) is 0 Å². The summed E-state index contributed by atoms with van der Waals surface area (Å²) in [5.74, 6) is 0. The van der Waals surface area contributed by atoms with Crippen LogP contribution in [-0.2, 0) is 0 Å². The van der Waals surface area contributed by atoms with E-state index in [0.29, 0.717) is 0 Å². The summed E-state index contributed by atoms with van der Waals surface area (Å²) in [6.45, 7) is 1.83. The Labute approximate surface area is 215 Å². The smallest absolute Gasteiger partial charge is 0.663 e. The van der Waals surface area contributed by atoms with Crippen LogP contribution in [0.15, 0.2) is 0 Å². The molecule has 0 unspecified atom stereocenters. The van der Waals surface area contributed by atoms with Crippen molar-refractivity contribution >= 4 is 0 Å². The molecule has 11 heavy (non-hydrogen) atoms. The summed E-state index contributed by atoms with van der Waals surface area (Å²) in [6.07, 6.45) is 7.54. The van der Waals surface area contributed by atoms with Gasteiger partial charge in [0.25, 0.3) is 0 Å². The first-order chi connectivity index (χ1) is 3.39. The summed E-state index contributed by atoms with van der Waals surface area (Å²) < 4.78 is 0. The Kier molecular flexibility index (Phi) is 37.9. The zero-order valence-corrected chi connectivity index (χ0v) is 22.6. The zero-order valence-electron chi connectivity index (χ0n) is 7.89. The molecule has 1 rings (SSSR count). The van der Waals surface area contributed by atoms with Crippen molar-refractivity contribution < 1.29 is 175 Å². The second-order valence-electron chi connectivity index (χ2n) is 1.17. The molecule has 1 aromatic rings. The molecule has 0 radical (unpaired) electrons. The Balaban J connectivity index is -0.0000000612. The van der Waals surface area contributed by atoms with E-state index in [0.717, 1.165) is 5.56 Å². The monoisotopic (exact) mass is 361 g/mol. The molecule has 0 aliphatic carbocycles. The van der Waals surface area contributed by atoms with Gasteiger partial charge in [-0.1, -0.05) is 0 Å². The van der Waals surface area contributed by atoms with E-state index in [-0.39, 0.29) is 182 Å². The van der Waals surface area contributed by atoms with Gasteiger partial charge in [0.1, 0.15) is 0 Å². The molecule has 0 amide bonds. The molecular formula is C6H6N2Rb3-. The normalized spacial score (nSPS) is 5.55. The molecule has 1 aromatic heterocycles. The maximum Gasteiger partial charge on any atom is 1.00 e. The standard InChI is InChI=1S/C5H3N2.CH3.3Rb/c1-5-2-6-4-7-3-5;;;;/h1H3;1H3;;;/q-3;-1;3*+1. The molecule has 1 heterocycles. The fourth-order valence-electron chi connectivity index (χ4n) is 0.268. The van der Waals surface area contributed by atoms with E-state index in [1.807, 2.05) is 6.92 Å². The molecule has 44 valence electrons. The number of hydrogen-bond acceptors (Lipinski definition) is 2. The molecule has 0 atom stereocenters. The van der Waals surface area contributed by atoms with Gasteiger partial charge in [-0.15, -0.1) is 6.92 Å². The molecule has 2 nitrogen and oxygen atoms in total. The molecule has 0 aliphatic heterocycles. The number of hydrogen-bond donors (Lipinski definition) is 0. The fourth-order valence-corrected chi connectivity index (χ4v) is 0.268. The van der Waals surface area contributed by atoms with Crippen LogP contribution in [0.4, 0.5) is 0 Å². The molecular weight excluding hydrogens is 356 g/mol. The van der Waals surface area contributed by atoms with Crippen LogP contribution < -0.4 is 175 Å². The summed E-state index contributed by atoms with van der Waals surface area (Å²) in [7, 11) is 0. The largest absolute Gasteiger partial charge is 1.00 e. The Hall–Kier alpha value is 4.50. The average Bonchev–Trinajstić information content (AvgIpc) is 1.69. The molecule has 0 saturated carbocycles. The minimum absolute atomic E-state index is 0. The zero-order chi connectivity index (χ0) is 5.11. The average molecular weight is 363 g/mol. The Morgan fingerprint density at radius 3 is 1.55 bits per heavy atom. The van der Waals surface area contributed by atoms with Gasteiger partial charge in [0, 0.05) is 0 Å². The van der Waals surface area contributed by atoms with Crippen LogP contribution in [0.3, 0.4) is 0 Å². The van der Waals surface area contributed by atoms with E-state index >= 15 is 0 Å². The summed E-state index contributed by atoms with van der Waals surface area (Å²) in [4.78, 5) is 6.98. The summed E-state index contributed by atoms with van der Waals surface area (Å²) >= 11 is 0. The molecule has 0 aromatic carbocycles. The van der Waals surface area contributed by atoms with Crippen LogP contribution >= 0.6 is 0 Å². The van der Waals surface area contributed by atoms with E-state index in [9.17, 15) is 0 Å². The second-order valence-corrected chi connectivity index (χ2v) is 1.17. The van der Waals surface area contributed by atoms with Gasteiger partial charge in [0.2, 0.25) is 0 Å². The first kappa shape index (κ1) is 24.6. The van der Waals surface area contributed by atoms with Crippen molar-refractivity contribution in [1.82, 2.24) is 9.97 Å². The van der Waals surface area contributed by atoms with Gasteiger partial charge in [0.15, 0.2) is 0 Å². The van der Waals surface area contributed by atoms with E-state index in [1.54, 1.807) is 0 Å². The van der Waals surface area contributed by atoms with E-state index < -0.39 is 0 Å². The van der Waals surface area contributed by atoms with Crippen molar-refractivity contribution in [3.8, 4) is 0 Å². The van der Waals surface area contributed by atoms with Crippen LogP contribution in [0.25, 0.3) is 0 Å². The first-order valence-electron chi connectivity index (χ1n) is 1.89. The maximum absolute atomic E-state index is 3.49. The van der Waals surface area contributed by atoms with Gasteiger partial charge < -0.3 is 41.7 Å². The van der Waals surface area contributed by atoms with Crippen LogP contribution in [0.2, 0.25) is 0 Å². The Morgan fingerprint density at radius 1 is 1.00 bits per heavy atom. The SMILES string of the molecule is Cc1[c-]n[c-]n[c-]1.[CH3-].[Rb+].[Rb+].[Rb+]. The molecule has 5 heteroatoms. The van der Waals surface area contributed by atoms with Crippen LogP contribution in [0.1, 0.15) is 5.56 Å². The molecule has 0 N–H and O–H groups in total. The van der Waals surface area contributed by atoms with Crippen molar-refractivity contribution in [2.45, 2.75) is 6.92 Å². The van der Waals surface area contributed by atoms with Crippen molar-refractivity contribution in [3.63, 3.8) is 0 Å². The third-order valence-corrected chi connectivity index (χ3v) is 0.547. The van der Waals surface area contributed by atoms with Crippen molar-refractivity contribution in [3.05, 3.63) is 31.7 Å². The van der Waals surface area contributed by atoms with Gasteiger partial charge in [0.05, 0.1) is 0 Å². The molecule has 0 bridgehead atoms. The van der Waals surface area contributed by atoms with Crippen molar-refractivity contribution in [2.24, 2.45) is 0 Å². The third-order valence-electron chi connectivity index (χ3n) is 0.547. The van der Waals surface area contributed by atoms with Gasteiger partial charge in [-0.3, -0.25) is 0 Å². The van der Waals surface area contributed by atoms with E-state index in [1.165, 1.54) is 0 Å². The van der Waals surface area contributed by atoms with Gasteiger partial charge in [-0.25, -0.2) is 0 Å². The quantitative estimate of drug-likeness (QED) is 0.429. The van der Waals surface area contributed by atoms with Crippen molar-refractivity contribution in [1.29, 1.82) is 0 Å². The first-order valence-corrected chi connectivity index (χ1v) is 1.89. The summed E-state index contributed by atoms with van der Waals surface area (Å²) in [5, 5.41) is 0. The fraction of sp³-hybridized carbons (Fsp3) is 0.167. The van der Waals surface area contributed by atoms with Gasteiger partial charge in [-0.2, -0.15) is 0 Å².